The lowest BCUT2D eigenvalue weighted by atomic mass is 10.1. The summed E-state index contributed by atoms with van der Waals surface area (Å²) < 4.78 is 28.3. The Labute approximate surface area is 191 Å². The molecule has 0 aliphatic carbocycles. The topological polar surface area (TPSA) is 83.6 Å². The maximum absolute atomic E-state index is 13.3. The highest BCUT2D eigenvalue weighted by Gasteiger charge is 2.46. The van der Waals surface area contributed by atoms with Gasteiger partial charge in [0.05, 0.1) is 10.6 Å². The third-order valence-electron chi connectivity index (χ3n) is 5.04. The van der Waals surface area contributed by atoms with E-state index < -0.39 is 27.9 Å². The Morgan fingerprint density at radius 1 is 0.906 bits per heavy atom. The Morgan fingerprint density at radius 2 is 1.53 bits per heavy atom. The molecule has 6 nitrogen and oxygen atoms in total. The van der Waals surface area contributed by atoms with Gasteiger partial charge in [0.2, 0.25) is 10.0 Å². The minimum Gasteiger partial charge on any atom is -0.272 e. The number of benzene rings is 3. The van der Waals surface area contributed by atoms with Crippen LogP contribution in [0.2, 0.25) is 5.02 Å². The summed E-state index contributed by atoms with van der Waals surface area (Å²) in [6.07, 6.45) is 1.50. The molecule has 0 saturated carbocycles. The second kappa shape index (κ2) is 8.70. The van der Waals surface area contributed by atoms with Crippen LogP contribution in [0.1, 0.15) is 11.1 Å². The molecule has 1 aliphatic heterocycles. The van der Waals surface area contributed by atoms with Crippen LogP contribution in [-0.4, -0.2) is 26.3 Å². The number of rotatable bonds is 5. The van der Waals surface area contributed by atoms with E-state index in [1.54, 1.807) is 66.7 Å². The van der Waals surface area contributed by atoms with Gasteiger partial charge in [0, 0.05) is 10.6 Å². The van der Waals surface area contributed by atoms with Gasteiger partial charge in [-0.25, -0.2) is 13.3 Å². The monoisotopic (exact) mass is 466 g/mol. The van der Waals surface area contributed by atoms with E-state index in [-0.39, 0.29) is 10.5 Å². The van der Waals surface area contributed by atoms with Gasteiger partial charge in [-0.1, -0.05) is 59.6 Å². The molecule has 0 radical (unpaired) electrons. The van der Waals surface area contributed by atoms with Gasteiger partial charge >= 0.3 is 0 Å². The molecule has 1 fully saturated rings. The first-order valence-corrected chi connectivity index (χ1v) is 11.6. The summed E-state index contributed by atoms with van der Waals surface area (Å²) >= 11 is 5.94. The highest BCUT2D eigenvalue weighted by Crippen LogP contribution is 2.29. The summed E-state index contributed by atoms with van der Waals surface area (Å²) in [5, 5.41) is 0.517. The highest BCUT2D eigenvalue weighted by molar-refractivity contribution is 7.89. The molecule has 3 aromatic carbocycles. The van der Waals surface area contributed by atoms with Crippen molar-refractivity contribution in [3.8, 4) is 0 Å². The largest absolute Gasteiger partial charge is 0.272 e. The number of amides is 2. The lowest BCUT2D eigenvalue weighted by molar-refractivity contribution is -0.121. The standard InChI is InChI=1S/C24H19ClN2O4S/c1-16-7-13-19(14-8-16)27-23(28)21(15-17-9-11-18(25)12-10-17)22(24(27)29)26-32(30,31)20-5-3-2-4-6-20/h2-15,22,26H,1H3/b21-15+. The quantitative estimate of drug-likeness (QED) is 0.456. The molecule has 1 unspecified atom stereocenters. The summed E-state index contributed by atoms with van der Waals surface area (Å²) in [4.78, 5) is 27.6. The minimum absolute atomic E-state index is 0.000113. The summed E-state index contributed by atoms with van der Waals surface area (Å²) in [5.74, 6) is -1.26. The molecule has 1 N–H and O–H groups in total. The predicted octanol–water partition coefficient (Wildman–Crippen LogP) is 3.95. The number of nitrogens with zero attached hydrogens (tertiary/aromatic N) is 1. The first-order chi connectivity index (χ1) is 15.3. The fraction of sp³-hybridized carbons (Fsp3) is 0.0833. The Morgan fingerprint density at radius 3 is 2.16 bits per heavy atom. The SMILES string of the molecule is Cc1ccc(N2C(=O)/C(=C/c3ccc(Cl)cc3)C(NS(=O)(=O)c3ccccc3)C2=O)cc1. The van der Waals surface area contributed by atoms with E-state index in [1.165, 1.54) is 18.2 Å². The molecule has 1 aliphatic rings. The van der Waals surface area contributed by atoms with Gasteiger partial charge < -0.3 is 0 Å². The fourth-order valence-electron chi connectivity index (χ4n) is 3.37. The molecular formula is C24H19ClN2O4S. The number of imide groups is 1. The van der Waals surface area contributed by atoms with E-state index in [9.17, 15) is 18.0 Å². The maximum atomic E-state index is 13.3. The van der Waals surface area contributed by atoms with Crippen molar-refractivity contribution < 1.29 is 18.0 Å². The van der Waals surface area contributed by atoms with Crippen LogP contribution in [0.3, 0.4) is 0 Å². The Bertz CT molecular complexity index is 1300. The van der Waals surface area contributed by atoms with Gasteiger partial charge in [0.25, 0.3) is 11.8 Å². The predicted molar refractivity (Wildman–Crippen MR) is 124 cm³/mol. The summed E-state index contributed by atoms with van der Waals surface area (Å²) in [5.41, 5.74) is 1.97. The molecule has 1 atom stereocenters. The second-order valence-electron chi connectivity index (χ2n) is 7.33. The van der Waals surface area contributed by atoms with Crippen molar-refractivity contribution in [2.45, 2.75) is 17.9 Å². The number of anilines is 1. The van der Waals surface area contributed by atoms with Crippen molar-refractivity contribution in [2.75, 3.05) is 4.90 Å². The van der Waals surface area contributed by atoms with Gasteiger partial charge in [-0.05, 0) is 55.0 Å². The van der Waals surface area contributed by atoms with E-state index in [2.05, 4.69) is 4.72 Å². The van der Waals surface area contributed by atoms with Gasteiger partial charge in [-0.15, -0.1) is 0 Å². The van der Waals surface area contributed by atoms with Crippen molar-refractivity contribution in [3.63, 3.8) is 0 Å². The smallest absolute Gasteiger partial charge is 0.263 e. The van der Waals surface area contributed by atoms with E-state index in [4.69, 9.17) is 11.6 Å². The summed E-state index contributed by atoms with van der Waals surface area (Å²) in [6.45, 7) is 1.89. The Balaban J connectivity index is 1.78. The number of sulfonamides is 1. The molecule has 162 valence electrons. The van der Waals surface area contributed by atoms with Crippen LogP contribution >= 0.6 is 11.6 Å². The zero-order valence-electron chi connectivity index (χ0n) is 17.0. The first kappa shape index (κ1) is 22.0. The molecular weight excluding hydrogens is 448 g/mol. The number of carbonyl (C=O) groups is 2. The number of hydrogen-bond donors (Lipinski definition) is 1. The van der Waals surface area contributed by atoms with Crippen molar-refractivity contribution >= 4 is 45.2 Å². The van der Waals surface area contributed by atoms with Gasteiger partial charge in [0.1, 0.15) is 6.04 Å². The normalized spacial score (nSPS) is 17.9. The minimum atomic E-state index is -4.06. The molecule has 8 heteroatoms. The van der Waals surface area contributed by atoms with Crippen LogP contribution in [0.5, 0.6) is 0 Å². The molecule has 2 amide bonds. The number of carbonyl (C=O) groups excluding carboxylic acids is 2. The third-order valence-corrected chi connectivity index (χ3v) is 6.73. The second-order valence-corrected chi connectivity index (χ2v) is 9.48. The van der Waals surface area contributed by atoms with Gasteiger partial charge in [-0.3, -0.25) is 9.59 Å². The van der Waals surface area contributed by atoms with Gasteiger partial charge in [0.15, 0.2) is 0 Å². The number of hydrogen-bond acceptors (Lipinski definition) is 4. The molecule has 1 saturated heterocycles. The van der Waals surface area contributed by atoms with Crippen LogP contribution < -0.4 is 9.62 Å². The van der Waals surface area contributed by atoms with Crippen LogP contribution in [0, 0.1) is 6.92 Å². The molecule has 32 heavy (non-hydrogen) atoms. The molecule has 1 heterocycles. The Kier molecular flexibility index (Phi) is 5.97. The molecule has 4 rings (SSSR count). The van der Waals surface area contributed by atoms with E-state index in [0.717, 1.165) is 10.5 Å². The molecule has 0 spiro atoms. The first-order valence-electron chi connectivity index (χ1n) is 9.76. The van der Waals surface area contributed by atoms with E-state index >= 15 is 0 Å². The zero-order valence-corrected chi connectivity index (χ0v) is 18.6. The third kappa shape index (κ3) is 4.36. The van der Waals surface area contributed by atoms with Crippen molar-refractivity contribution in [3.05, 3.63) is 101 Å². The van der Waals surface area contributed by atoms with Crippen LogP contribution in [-0.2, 0) is 19.6 Å². The number of nitrogens with one attached hydrogen (secondary N) is 1. The summed E-state index contributed by atoms with van der Waals surface area (Å²) in [6, 6.07) is 19.9. The lowest BCUT2D eigenvalue weighted by Crippen LogP contribution is -2.42. The van der Waals surface area contributed by atoms with Crippen LogP contribution in [0.25, 0.3) is 6.08 Å². The molecule has 3 aromatic rings. The van der Waals surface area contributed by atoms with Crippen LogP contribution in [0.15, 0.2) is 89.3 Å². The highest BCUT2D eigenvalue weighted by atomic mass is 35.5. The summed E-state index contributed by atoms with van der Waals surface area (Å²) in [7, 11) is -4.06. The average Bonchev–Trinajstić information content (AvgIpc) is 3.00. The average molecular weight is 467 g/mol. The fourth-order valence-corrected chi connectivity index (χ4v) is 4.69. The Hall–Kier alpha value is -3.26. The lowest BCUT2D eigenvalue weighted by Gasteiger charge is -2.15. The zero-order chi connectivity index (χ0) is 22.9. The molecule has 0 aromatic heterocycles. The number of halogens is 1. The number of aryl methyl sites for hydroxylation is 1. The molecule has 0 bridgehead atoms. The van der Waals surface area contributed by atoms with Crippen molar-refractivity contribution in [1.82, 2.24) is 4.72 Å². The van der Waals surface area contributed by atoms with E-state index in [1.807, 2.05) is 6.92 Å². The van der Waals surface area contributed by atoms with E-state index in [0.29, 0.717) is 16.3 Å². The maximum Gasteiger partial charge on any atom is 0.263 e. The van der Waals surface area contributed by atoms with Crippen LogP contribution in [0.4, 0.5) is 5.69 Å². The van der Waals surface area contributed by atoms with Crippen molar-refractivity contribution in [1.29, 1.82) is 0 Å². The van der Waals surface area contributed by atoms with Gasteiger partial charge in [-0.2, -0.15) is 4.72 Å². The van der Waals surface area contributed by atoms with Crippen molar-refractivity contribution in [2.24, 2.45) is 0 Å².